The van der Waals surface area contributed by atoms with Crippen LogP contribution in [0, 0.1) is 0 Å². The molecule has 1 heterocycles. The van der Waals surface area contributed by atoms with Gasteiger partial charge in [0.15, 0.2) is 0 Å². The Labute approximate surface area is 115 Å². The van der Waals surface area contributed by atoms with Gasteiger partial charge in [-0.25, -0.2) is 0 Å². The number of thioether (sulfide) groups is 1. The maximum Gasteiger partial charge on any atom is 0.0666 e. The smallest absolute Gasteiger partial charge is 0.0666 e. The molecule has 1 aromatic carbocycles. The van der Waals surface area contributed by atoms with E-state index in [1.165, 1.54) is 18.4 Å². The molecule has 2 atom stereocenters. The number of benzene rings is 1. The first kappa shape index (κ1) is 13.4. The molecular weight excluding hydrogens is 298 g/mol. The summed E-state index contributed by atoms with van der Waals surface area (Å²) >= 11 is 5.50. The van der Waals surface area contributed by atoms with Gasteiger partial charge in [-0.15, -0.1) is 11.8 Å². The van der Waals surface area contributed by atoms with Gasteiger partial charge in [0.1, 0.15) is 0 Å². The van der Waals surface area contributed by atoms with Gasteiger partial charge in [0.25, 0.3) is 0 Å². The van der Waals surface area contributed by atoms with Crippen molar-refractivity contribution in [3.63, 3.8) is 0 Å². The third-order valence-corrected chi connectivity index (χ3v) is 5.11. The quantitative estimate of drug-likeness (QED) is 0.905. The second-order valence-corrected chi connectivity index (χ2v) is 6.30. The van der Waals surface area contributed by atoms with Gasteiger partial charge in [0, 0.05) is 28.6 Å². The third-order valence-electron chi connectivity index (χ3n) is 2.97. The van der Waals surface area contributed by atoms with E-state index in [0.717, 1.165) is 16.8 Å². The highest BCUT2D eigenvalue weighted by Gasteiger charge is 2.19. The van der Waals surface area contributed by atoms with Gasteiger partial charge in [-0.05, 0) is 24.5 Å². The summed E-state index contributed by atoms with van der Waals surface area (Å²) in [6, 6.07) is 8.32. The van der Waals surface area contributed by atoms with Gasteiger partial charge in [-0.3, -0.25) is 0 Å². The van der Waals surface area contributed by atoms with Crippen molar-refractivity contribution in [2.45, 2.75) is 24.2 Å². The highest BCUT2D eigenvalue weighted by Crippen LogP contribution is 2.34. The molecule has 4 heteroatoms. The van der Waals surface area contributed by atoms with Crippen molar-refractivity contribution in [3.8, 4) is 0 Å². The number of hydrogen-bond donors (Lipinski definition) is 1. The molecule has 1 aliphatic rings. The van der Waals surface area contributed by atoms with Crippen LogP contribution in [0.2, 0.25) is 0 Å². The van der Waals surface area contributed by atoms with Crippen LogP contribution in [0.5, 0.6) is 0 Å². The minimum absolute atomic E-state index is 0.356. The van der Waals surface area contributed by atoms with Crippen molar-refractivity contribution in [2.75, 3.05) is 18.9 Å². The molecule has 0 aliphatic carbocycles. The first-order chi connectivity index (χ1) is 8.31. The predicted octanol–water partition coefficient (Wildman–Crippen LogP) is 3.36. The highest BCUT2D eigenvalue weighted by molar-refractivity contribution is 9.10. The molecule has 2 rings (SSSR count). The SMILES string of the molecule is NCC(SCC1CCCO1)c1ccccc1Br. The van der Waals surface area contributed by atoms with Gasteiger partial charge in [0.05, 0.1) is 6.10 Å². The van der Waals surface area contributed by atoms with Crippen LogP contribution < -0.4 is 5.73 Å². The lowest BCUT2D eigenvalue weighted by molar-refractivity contribution is 0.129. The predicted molar refractivity (Wildman–Crippen MR) is 77.4 cm³/mol. The fourth-order valence-electron chi connectivity index (χ4n) is 2.02. The summed E-state index contributed by atoms with van der Waals surface area (Å²) < 4.78 is 6.79. The van der Waals surface area contributed by atoms with E-state index in [1.54, 1.807) is 0 Å². The molecule has 94 valence electrons. The molecule has 1 fully saturated rings. The van der Waals surface area contributed by atoms with Gasteiger partial charge in [-0.2, -0.15) is 0 Å². The van der Waals surface area contributed by atoms with Crippen LogP contribution in [0.4, 0.5) is 0 Å². The van der Waals surface area contributed by atoms with Crippen molar-refractivity contribution in [1.29, 1.82) is 0 Å². The Morgan fingerprint density at radius 1 is 1.47 bits per heavy atom. The van der Waals surface area contributed by atoms with Crippen LogP contribution in [0.15, 0.2) is 28.7 Å². The summed E-state index contributed by atoms with van der Waals surface area (Å²) in [7, 11) is 0. The van der Waals surface area contributed by atoms with Gasteiger partial charge < -0.3 is 10.5 Å². The van der Waals surface area contributed by atoms with E-state index < -0.39 is 0 Å². The van der Waals surface area contributed by atoms with Crippen LogP contribution in [-0.4, -0.2) is 25.0 Å². The number of halogens is 1. The Morgan fingerprint density at radius 3 is 2.94 bits per heavy atom. The van der Waals surface area contributed by atoms with Crippen molar-refractivity contribution in [3.05, 3.63) is 34.3 Å². The van der Waals surface area contributed by atoms with Gasteiger partial charge >= 0.3 is 0 Å². The average molecular weight is 316 g/mol. The van der Waals surface area contributed by atoms with Crippen LogP contribution >= 0.6 is 27.7 Å². The number of rotatable bonds is 5. The normalized spacial score (nSPS) is 21.6. The third kappa shape index (κ3) is 3.71. The largest absolute Gasteiger partial charge is 0.377 e. The van der Waals surface area contributed by atoms with E-state index >= 15 is 0 Å². The lowest BCUT2D eigenvalue weighted by atomic mass is 10.1. The number of nitrogens with two attached hydrogens (primary N) is 1. The lowest BCUT2D eigenvalue weighted by Gasteiger charge is -2.18. The van der Waals surface area contributed by atoms with Crippen LogP contribution in [0.3, 0.4) is 0 Å². The minimum Gasteiger partial charge on any atom is -0.377 e. The average Bonchev–Trinajstić information content (AvgIpc) is 2.85. The van der Waals surface area contributed by atoms with E-state index in [4.69, 9.17) is 10.5 Å². The molecule has 2 N–H and O–H groups in total. The van der Waals surface area contributed by atoms with Crippen LogP contribution in [0.25, 0.3) is 0 Å². The highest BCUT2D eigenvalue weighted by atomic mass is 79.9. The van der Waals surface area contributed by atoms with E-state index in [1.807, 2.05) is 17.8 Å². The zero-order chi connectivity index (χ0) is 12.1. The molecule has 0 radical (unpaired) electrons. The Balaban J connectivity index is 1.94. The molecule has 0 spiro atoms. The summed E-state index contributed by atoms with van der Waals surface area (Å²) in [6.45, 7) is 1.59. The summed E-state index contributed by atoms with van der Waals surface area (Å²) in [5.74, 6) is 1.04. The molecule has 1 aromatic rings. The lowest BCUT2D eigenvalue weighted by Crippen LogP contribution is -2.15. The molecule has 1 saturated heterocycles. The zero-order valence-electron chi connectivity index (χ0n) is 9.77. The first-order valence-electron chi connectivity index (χ1n) is 5.99. The Morgan fingerprint density at radius 2 is 2.29 bits per heavy atom. The van der Waals surface area contributed by atoms with Crippen molar-refractivity contribution in [1.82, 2.24) is 0 Å². The fourth-order valence-corrected chi connectivity index (χ4v) is 3.96. The summed E-state index contributed by atoms with van der Waals surface area (Å²) in [5.41, 5.74) is 7.17. The van der Waals surface area contributed by atoms with Gasteiger partial charge in [-0.1, -0.05) is 34.1 Å². The molecule has 17 heavy (non-hydrogen) atoms. The summed E-state index contributed by atoms with van der Waals surface area (Å²) in [5, 5.41) is 0.356. The zero-order valence-corrected chi connectivity index (χ0v) is 12.2. The van der Waals surface area contributed by atoms with Crippen LogP contribution in [0.1, 0.15) is 23.7 Å². The molecule has 2 nitrogen and oxygen atoms in total. The number of hydrogen-bond acceptors (Lipinski definition) is 3. The second kappa shape index (κ2) is 6.78. The van der Waals surface area contributed by atoms with E-state index in [0.29, 0.717) is 17.9 Å². The van der Waals surface area contributed by atoms with Crippen molar-refractivity contribution >= 4 is 27.7 Å². The maximum atomic E-state index is 5.88. The Hall–Kier alpha value is -0.0300. The first-order valence-corrected chi connectivity index (χ1v) is 7.83. The molecule has 0 saturated carbocycles. The molecule has 2 unspecified atom stereocenters. The standard InChI is InChI=1S/C13H18BrNOS/c14-12-6-2-1-5-11(12)13(8-15)17-9-10-4-3-7-16-10/h1-2,5-6,10,13H,3-4,7-9,15H2. The molecular formula is C13H18BrNOS. The molecule has 0 aromatic heterocycles. The molecule has 0 bridgehead atoms. The van der Waals surface area contributed by atoms with Crippen molar-refractivity contribution in [2.24, 2.45) is 5.73 Å². The second-order valence-electron chi connectivity index (χ2n) is 4.21. The van der Waals surface area contributed by atoms with Crippen LogP contribution in [-0.2, 0) is 4.74 Å². The van der Waals surface area contributed by atoms with E-state index in [-0.39, 0.29) is 0 Å². The summed E-state index contributed by atoms with van der Waals surface area (Å²) in [4.78, 5) is 0. The maximum absolute atomic E-state index is 5.88. The monoisotopic (exact) mass is 315 g/mol. The van der Waals surface area contributed by atoms with Gasteiger partial charge in [0.2, 0.25) is 0 Å². The van der Waals surface area contributed by atoms with E-state index in [9.17, 15) is 0 Å². The Bertz CT molecular complexity index is 355. The Kier molecular flexibility index (Phi) is 5.35. The summed E-state index contributed by atoms with van der Waals surface area (Å²) in [6.07, 6.45) is 2.82. The fraction of sp³-hybridized carbons (Fsp3) is 0.538. The topological polar surface area (TPSA) is 35.2 Å². The van der Waals surface area contributed by atoms with Crippen molar-refractivity contribution < 1.29 is 4.74 Å². The minimum atomic E-state index is 0.356. The molecule has 1 aliphatic heterocycles. The number of ether oxygens (including phenoxy) is 1. The molecule has 0 amide bonds. The van der Waals surface area contributed by atoms with E-state index in [2.05, 4.69) is 34.1 Å².